The fourth-order valence-corrected chi connectivity index (χ4v) is 1.58. The summed E-state index contributed by atoms with van der Waals surface area (Å²) in [5.41, 5.74) is 1.66. The molecule has 0 aliphatic heterocycles. The van der Waals surface area contributed by atoms with Gasteiger partial charge in [-0.25, -0.2) is 0 Å². The zero-order valence-electron chi connectivity index (χ0n) is 9.96. The highest BCUT2D eigenvalue weighted by Gasteiger charge is 2.22. The number of nitriles is 1. The summed E-state index contributed by atoms with van der Waals surface area (Å²) < 4.78 is 0. The number of nitrogens with zero attached hydrogens (tertiary/aromatic N) is 1. The lowest BCUT2D eigenvalue weighted by atomic mass is 9.97. The van der Waals surface area contributed by atoms with Crippen LogP contribution in [0.5, 0.6) is 0 Å². The van der Waals surface area contributed by atoms with Crippen molar-refractivity contribution in [3.05, 3.63) is 42.5 Å². The highest BCUT2D eigenvalue weighted by atomic mass is 15.0. The molecule has 0 bridgehead atoms. The Hall–Kier alpha value is -1.75. The van der Waals surface area contributed by atoms with Crippen molar-refractivity contribution in [1.29, 1.82) is 5.26 Å². The Morgan fingerprint density at radius 2 is 2.31 bits per heavy atom. The lowest BCUT2D eigenvalue weighted by Gasteiger charge is -2.24. The number of nitrogens with one attached hydrogen (secondary N) is 1. The van der Waals surface area contributed by atoms with Crippen LogP contribution in [0.1, 0.15) is 25.3 Å². The molecule has 0 saturated carbocycles. The van der Waals surface area contributed by atoms with Gasteiger partial charge >= 0.3 is 0 Å². The van der Waals surface area contributed by atoms with E-state index in [1.54, 1.807) is 0 Å². The van der Waals surface area contributed by atoms with Gasteiger partial charge in [0.2, 0.25) is 0 Å². The minimum Gasteiger partial charge on any atom is -0.368 e. The molecule has 0 spiro atoms. The highest BCUT2D eigenvalue weighted by Crippen LogP contribution is 2.20. The maximum Gasteiger partial charge on any atom is 0.122 e. The SMILES string of the molecule is C=CCCC(C)(C#N)Nc1cccc(C)c1. The first kappa shape index (κ1) is 12.3. The largest absolute Gasteiger partial charge is 0.368 e. The molecule has 2 nitrogen and oxygen atoms in total. The van der Waals surface area contributed by atoms with Crippen molar-refractivity contribution in [2.75, 3.05) is 5.32 Å². The van der Waals surface area contributed by atoms with Gasteiger partial charge in [0.1, 0.15) is 5.54 Å². The van der Waals surface area contributed by atoms with Crippen molar-refractivity contribution >= 4 is 5.69 Å². The third-order valence-corrected chi connectivity index (χ3v) is 2.53. The van der Waals surface area contributed by atoms with Crippen LogP contribution in [0.3, 0.4) is 0 Å². The second kappa shape index (κ2) is 5.37. The van der Waals surface area contributed by atoms with Gasteiger partial charge in [0, 0.05) is 5.69 Å². The van der Waals surface area contributed by atoms with E-state index >= 15 is 0 Å². The Morgan fingerprint density at radius 3 is 2.88 bits per heavy atom. The van der Waals surface area contributed by atoms with Crippen molar-refractivity contribution < 1.29 is 0 Å². The van der Waals surface area contributed by atoms with Crippen LogP contribution in [-0.2, 0) is 0 Å². The predicted octanol–water partition coefficient (Wildman–Crippen LogP) is 3.66. The van der Waals surface area contributed by atoms with Crippen LogP contribution in [0, 0.1) is 18.3 Å². The Bertz CT molecular complexity index is 403. The van der Waals surface area contributed by atoms with E-state index in [1.165, 1.54) is 5.56 Å². The highest BCUT2D eigenvalue weighted by molar-refractivity contribution is 5.49. The van der Waals surface area contributed by atoms with E-state index in [0.29, 0.717) is 0 Å². The van der Waals surface area contributed by atoms with E-state index in [-0.39, 0.29) is 0 Å². The fraction of sp³-hybridized carbons (Fsp3) is 0.357. The summed E-state index contributed by atoms with van der Waals surface area (Å²) in [7, 11) is 0. The summed E-state index contributed by atoms with van der Waals surface area (Å²) in [6.07, 6.45) is 3.44. The van der Waals surface area contributed by atoms with E-state index in [4.69, 9.17) is 0 Å². The second-order valence-electron chi connectivity index (χ2n) is 4.27. The molecule has 1 aromatic carbocycles. The number of benzene rings is 1. The normalized spacial score (nSPS) is 13.6. The molecule has 0 amide bonds. The zero-order valence-corrected chi connectivity index (χ0v) is 9.96. The van der Waals surface area contributed by atoms with Crippen LogP contribution in [0.4, 0.5) is 5.69 Å². The van der Waals surface area contributed by atoms with Crippen LogP contribution in [0.15, 0.2) is 36.9 Å². The van der Waals surface area contributed by atoms with Gasteiger partial charge in [-0.1, -0.05) is 18.2 Å². The Kier molecular flexibility index (Phi) is 4.13. The number of anilines is 1. The zero-order chi connectivity index (χ0) is 12.0. The first-order chi connectivity index (χ1) is 7.59. The van der Waals surface area contributed by atoms with Crippen LogP contribution in [-0.4, -0.2) is 5.54 Å². The van der Waals surface area contributed by atoms with E-state index in [1.807, 2.05) is 44.2 Å². The first-order valence-electron chi connectivity index (χ1n) is 5.47. The Balaban J connectivity index is 2.77. The molecule has 1 N–H and O–H groups in total. The number of hydrogen-bond donors (Lipinski definition) is 1. The third-order valence-electron chi connectivity index (χ3n) is 2.53. The van der Waals surface area contributed by atoms with Crippen LogP contribution in [0.25, 0.3) is 0 Å². The quantitative estimate of drug-likeness (QED) is 0.759. The number of aryl methyl sites for hydroxylation is 1. The molecule has 0 fully saturated rings. The monoisotopic (exact) mass is 214 g/mol. The Labute approximate surface area is 97.6 Å². The van der Waals surface area contributed by atoms with Crippen molar-refractivity contribution in [2.24, 2.45) is 0 Å². The lowest BCUT2D eigenvalue weighted by Crippen LogP contribution is -2.32. The van der Waals surface area contributed by atoms with Gasteiger partial charge in [0.15, 0.2) is 0 Å². The summed E-state index contributed by atoms with van der Waals surface area (Å²) in [6, 6.07) is 10.4. The van der Waals surface area contributed by atoms with Gasteiger partial charge in [-0.2, -0.15) is 5.26 Å². The van der Waals surface area contributed by atoms with Crippen LogP contribution >= 0.6 is 0 Å². The van der Waals surface area contributed by atoms with Crippen LogP contribution < -0.4 is 5.32 Å². The molecule has 0 aromatic heterocycles. The van der Waals surface area contributed by atoms with Gasteiger partial charge in [0.05, 0.1) is 6.07 Å². The molecule has 0 heterocycles. The summed E-state index contributed by atoms with van der Waals surface area (Å²) >= 11 is 0. The minimum atomic E-state index is -0.526. The first-order valence-corrected chi connectivity index (χ1v) is 5.47. The molecule has 1 rings (SSSR count). The average molecular weight is 214 g/mol. The van der Waals surface area contributed by atoms with E-state index < -0.39 is 5.54 Å². The molecule has 0 aliphatic rings. The molecular weight excluding hydrogens is 196 g/mol. The molecule has 0 aliphatic carbocycles. The van der Waals surface area contributed by atoms with Gasteiger partial charge in [0.25, 0.3) is 0 Å². The molecule has 0 radical (unpaired) electrons. The summed E-state index contributed by atoms with van der Waals surface area (Å²) in [5, 5.41) is 12.5. The summed E-state index contributed by atoms with van der Waals surface area (Å²) in [4.78, 5) is 0. The molecule has 16 heavy (non-hydrogen) atoms. The summed E-state index contributed by atoms with van der Waals surface area (Å²) in [5.74, 6) is 0. The standard InChI is InChI=1S/C14H18N2/c1-4-5-9-14(3,11-15)16-13-8-6-7-12(2)10-13/h4,6-8,10,16H,1,5,9H2,2-3H3. The van der Waals surface area contributed by atoms with Crippen LogP contribution in [0.2, 0.25) is 0 Å². The van der Waals surface area contributed by atoms with Crippen molar-refractivity contribution in [1.82, 2.24) is 0 Å². The van der Waals surface area contributed by atoms with E-state index in [2.05, 4.69) is 18.0 Å². The maximum atomic E-state index is 9.20. The third kappa shape index (κ3) is 3.43. The average Bonchev–Trinajstić information content (AvgIpc) is 2.26. The molecular formula is C14H18N2. The molecule has 1 atom stereocenters. The van der Waals surface area contributed by atoms with E-state index in [0.717, 1.165) is 18.5 Å². The number of allylic oxidation sites excluding steroid dienone is 1. The lowest BCUT2D eigenvalue weighted by molar-refractivity contribution is 0.596. The molecule has 1 aromatic rings. The van der Waals surface area contributed by atoms with Gasteiger partial charge < -0.3 is 5.32 Å². The van der Waals surface area contributed by atoms with Crippen molar-refractivity contribution in [2.45, 2.75) is 32.2 Å². The summed E-state index contributed by atoms with van der Waals surface area (Å²) in [6.45, 7) is 7.64. The fourth-order valence-electron chi connectivity index (χ4n) is 1.58. The molecule has 0 saturated heterocycles. The number of hydrogen-bond acceptors (Lipinski definition) is 2. The number of rotatable bonds is 5. The predicted molar refractivity (Wildman–Crippen MR) is 68.3 cm³/mol. The van der Waals surface area contributed by atoms with Gasteiger partial charge in [-0.3, -0.25) is 0 Å². The minimum absolute atomic E-state index is 0.526. The maximum absolute atomic E-state index is 9.20. The van der Waals surface area contributed by atoms with Gasteiger partial charge in [-0.15, -0.1) is 6.58 Å². The van der Waals surface area contributed by atoms with Crippen molar-refractivity contribution in [3.8, 4) is 6.07 Å². The molecule has 1 unspecified atom stereocenters. The second-order valence-corrected chi connectivity index (χ2v) is 4.27. The molecule has 2 heteroatoms. The molecule has 84 valence electrons. The van der Waals surface area contributed by atoms with Gasteiger partial charge in [-0.05, 0) is 44.4 Å². The smallest absolute Gasteiger partial charge is 0.122 e. The van der Waals surface area contributed by atoms with E-state index in [9.17, 15) is 5.26 Å². The Morgan fingerprint density at radius 1 is 1.56 bits per heavy atom. The topological polar surface area (TPSA) is 35.8 Å². The van der Waals surface area contributed by atoms with Crippen molar-refractivity contribution in [3.63, 3.8) is 0 Å².